The first-order valence-electron chi connectivity index (χ1n) is 8.91. The van der Waals surface area contributed by atoms with Crippen molar-refractivity contribution in [1.29, 1.82) is 0 Å². The van der Waals surface area contributed by atoms with E-state index in [0.29, 0.717) is 12.6 Å². The summed E-state index contributed by atoms with van der Waals surface area (Å²) in [5.41, 5.74) is 4.17. The molecule has 0 bridgehead atoms. The van der Waals surface area contributed by atoms with Crippen molar-refractivity contribution in [3.63, 3.8) is 0 Å². The first-order valence-corrected chi connectivity index (χ1v) is 8.91. The largest absolute Gasteiger partial charge is 0.458 e. The van der Waals surface area contributed by atoms with Crippen LogP contribution in [0.4, 0.5) is 0 Å². The number of aromatic nitrogens is 2. The Bertz CT molecular complexity index is 743. The molecule has 1 saturated heterocycles. The van der Waals surface area contributed by atoms with E-state index in [1.54, 1.807) is 12.4 Å². The molecule has 0 radical (unpaired) electrons. The van der Waals surface area contributed by atoms with Crippen molar-refractivity contribution in [1.82, 2.24) is 14.9 Å². The summed E-state index contributed by atoms with van der Waals surface area (Å²) in [5, 5.41) is 0. The minimum Gasteiger partial charge on any atom is -0.458 e. The van der Waals surface area contributed by atoms with E-state index in [2.05, 4.69) is 23.8 Å². The number of amides is 1. The summed E-state index contributed by atoms with van der Waals surface area (Å²) in [7, 11) is 0. The Hall–Kier alpha value is -2.43. The SMILES string of the molecule is CCc1cnc(OC2CCCN(C(=O)c3ccc(C)c(C)c3)C2)nc1. The van der Waals surface area contributed by atoms with Crippen LogP contribution in [0.5, 0.6) is 6.01 Å². The smallest absolute Gasteiger partial charge is 0.316 e. The summed E-state index contributed by atoms with van der Waals surface area (Å²) in [4.78, 5) is 23.2. The third-order valence-corrected chi connectivity index (χ3v) is 4.78. The van der Waals surface area contributed by atoms with Crippen molar-refractivity contribution in [2.45, 2.75) is 46.1 Å². The maximum Gasteiger partial charge on any atom is 0.316 e. The van der Waals surface area contributed by atoms with Gasteiger partial charge in [-0.2, -0.15) is 0 Å². The van der Waals surface area contributed by atoms with E-state index in [1.165, 1.54) is 5.56 Å². The molecular formula is C20H25N3O2. The molecular weight excluding hydrogens is 314 g/mol. The molecule has 0 N–H and O–H groups in total. The Labute approximate surface area is 149 Å². The highest BCUT2D eigenvalue weighted by Crippen LogP contribution is 2.19. The number of carbonyl (C=O) groups is 1. The van der Waals surface area contributed by atoms with Gasteiger partial charge in [0.1, 0.15) is 6.10 Å². The van der Waals surface area contributed by atoms with E-state index in [1.807, 2.05) is 30.0 Å². The van der Waals surface area contributed by atoms with E-state index in [0.717, 1.165) is 42.5 Å². The van der Waals surface area contributed by atoms with Crippen LogP contribution < -0.4 is 4.74 Å². The van der Waals surface area contributed by atoms with Crippen LogP contribution in [0.2, 0.25) is 0 Å². The van der Waals surface area contributed by atoms with Crippen LogP contribution >= 0.6 is 0 Å². The van der Waals surface area contributed by atoms with Gasteiger partial charge in [0.15, 0.2) is 0 Å². The van der Waals surface area contributed by atoms with Crippen LogP contribution in [0, 0.1) is 13.8 Å². The lowest BCUT2D eigenvalue weighted by Crippen LogP contribution is -2.44. The predicted molar refractivity (Wildman–Crippen MR) is 96.9 cm³/mol. The summed E-state index contributed by atoms with van der Waals surface area (Å²) < 4.78 is 5.90. The Morgan fingerprint density at radius 1 is 1.24 bits per heavy atom. The maximum absolute atomic E-state index is 12.8. The van der Waals surface area contributed by atoms with E-state index >= 15 is 0 Å². The molecule has 0 aliphatic carbocycles. The van der Waals surface area contributed by atoms with Crippen molar-refractivity contribution in [3.05, 3.63) is 52.8 Å². The maximum atomic E-state index is 12.8. The fourth-order valence-electron chi connectivity index (χ4n) is 3.01. The molecule has 2 heterocycles. The molecule has 1 unspecified atom stereocenters. The van der Waals surface area contributed by atoms with Gasteiger partial charge >= 0.3 is 6.01 Å². The molecule has 1 aliphatic rings. The zero-order valence-electron chi connectivity index (χ0n) is 15.2. The molecule has 0 saturated carbocycles. The summed E-state index contributed by atoms with van der Waals surface area (Å²) in [5.74, 6) is 0.0682. The minimum atomic E-state index is -0.0586. The van der Waals surface area contributed by atoms with Gasteiger partial charge in [0.2, 0.25) is 0 Å². The van der Waals surface area contributed by atoms with Gasteiger partial charge in [0.05, 0.1) is 6.54 Å². The second-order valence-corrected chi connectivity index (χ2v) is 6.66. The second kappa shape index (κ2) is 7.64. The fraction of sp³-hybridized carbons (Fsp3) is 0.450. The number of rotatable bonds is 4. The third-order valence-electron chi connectivity index (χ3n) is 4.78. The van der Waals surface area contributed by atoms with Gasteiger partial charge in [0.25, 0.3) is 5.91 Å². The van der Waals surface area contributed by atoms with E-state index in [4.69, 9.17) is 4.74 Å². The average Bonchev–Trinajstić information content (AvgIpc) is 2.64. The number of hydrogen-bond donors (Lipinski definition) is 0. The van der Waals surface area contributed by atoms with Crippen LogP contribution in [0.15, 0.2) is 30.6 Å². The molecule has 1 aromatic carbocycles. The lowest BCUT2D eigenvalue weighted by atomic mass is 10.0. The number of carbonyl (C=O) groups excluding carboxylic acids is 1. The molecule has 1 fully saturated rings. The molecule has 25 heavy (non-hydrogen) atoms. The summed E-state index contributed by atoms with van der Waals surface area (Å²) in [6, 6.07) is 6.27. The normalized spacial score (nSPS) is 17.4. The van der Waals surface area contributed by atoms with Gasteiger partial charge < -0.3 is 9.64 Å². The highest BCUT2D eigenvalue weighted by Gasteiger charge is 2.26. The molecule has 5 heteroatoms. The van der Waals surface area contributed by atoms with Crippen molar-refractivity contribution in [3.8, 4) is 6.01 Å². The van der Waals surface area contributed by atoms with Gasteiger partial charge in [-0.1, -0.05) is 13.0 Å². The quantitative estimate of drug-likeness (QED) is 0.857. The van der Waals surface area contributed by atoms with Crippen LogP contribution in [0.25, 0.3) is 0 Å². The zero-order valence-corrected chi connectivity index (χ0v) is 15.2. The Balaban J connectivity index is 1.65. The van der Waals surface area contributed by atoms with Gasteiger partial charge in [0, 0.05) is 24.5 Å². The molecule has 132 valence electrons. The van der Waals surface area contributed by atoms with E-state index in [9.17, 15) is 4.79 Å². The third kappa shape index (κ3) is 4.16. The Morgan fingerprint density at radius 3 is 2.68 bits per heavy atom. The Morgan fingerprint density at radius 2 is 2.00 bits per heavy atom. The molecule has 1 aliphatic heterocycles. The molecule has 1 atom stereocenters. The number of benzene rings is 1. The summed E-state index contributed by atoms with van der Waals surface area (Å²) in [6.45, 7) is 7.49. The molecule has 5 nitrogen and oxygen atoms in total. The van der Waals surface area contributed by atoms with Crippen molar-refractivity contribution >= 4 is 5.91 Å². The number of hydrogen-bond acceptors (Lipinski definition) is 4. The summed E-state index contributed by atoms with van der Waals surface area (Å²) in [6.07, 6.45) is 6.27. The lowest BCUT2D eigenvalue weighted by molar-refractivity contribution is 0.0515. The van der Waals surface area contributed by atoms with Crippen LogP contribution in [0.3, 0.4) is 0 Å². The number of nitrogens with zero attached hydrogens (tertiary/aromatic N) is 3. The van der Waals surface area contributed by atoms with E-state index < -0.39 is 0 Å². The standard InChI is InChI=1S/C20H25N3O2/c1-4-16-11-21-20(22-12-16)25-18-6-5-9-23(13-18)19(24)17-8-7-14(2)15(3)10-17/h7-8,10-12,18H,4-6,9,13H2,1-3H3. The molecule has 1 amide bonds. The zero-order chi connectivity index (χ0) is 17.8. The van der Waals surface area contributed by atoms with Crippen molar-refractivity contribution < 1.29 is 9.53 Å². The number of piperidine rings is 1. The second-order valence-electron chi connectivity index (χ2n) is 6.66. The van der Waals surface area contributed by atoms with Gasteiger partial charge in [-0.3, -0.25) is 4.79 Å². The lowest BCUT2D eigenvalue weighted by Gasteiger charge is -2.32. The monoisotopic (exact) mass is 339 g/mol. The molecule has 1 aromatic heterocycles. The fourth-order valence-corrected chi connectivity index (χ4v) is 3.01. The minimum absolute atomic E-state index is 0.0586. The van der Waals surface area contributed by atoms with Crippen LogP contribution in [-0.4, -0.2) is 40.0 Å². The molecule has 3 rings (SSSR count). The number of ether oxygens (including phenoxy) is 1. The highest BCUT2D eigenvalue weighted by atomic mass is 16.5. The predicted octanol–water partition coefficient (Wildman–Crippen LogP) is 3.34. The molecule has 0 spiro atoms. The van der Waals surface area contributed by atoms with Gasteiger partial charge in [-0.25, -0.2) is 9.97 Å². The van der Waals surface area contributed by atoms with Crippen molar-refractivity contribution in [2.24, 2.45) is 0 Å². The van der Waals surface area contributed by atoms with E-state index in [-0.39, 0.29) is 12.0 Å². The van der Waals surface area contributed by atoms with Gasteiger partial charge in [-0.15, -0.1) is 0 Å². The summed E-state index contributed by atoms with van der Waals surface area (Å²) >= 11 is 0. The number of aryl methyl sites for hydroxylation is 3. The first kappa shape index (κ1) is 17.4. The first-order chi connectivity index (χ1) is 12.1. The molecule has 2 aromatic rings. The van der Waals surface area contributed by atoms with Crippen molar-refractivity contribution in [2.75, 3.05) is 13.1 Å². The Kier molecular flexibility index (Phi) is 5.31. The topological polar surface area (TPSA) is 55.3 Å². The van der Waals surface area contributed by atoms with Gasteiger partial charge in [-0.05, 0) is 61.9 Å². The number of likely N-dealkylation sites (tertiary alicyclic amines) is 1. The highest BCUT2D eigenvalue weighted by molar-refractivity contribution is 5.94. The van der Waals surface area contributed by atoms with Crippen LogP contribution in [-0.2, 0) is 6.42 Å². The van der Waals surface area contributed by atoms with Crippen LogP contribution in [0.1, 0.15) is 46.8 Å². The average molecular weight is 339 g/mol.